The molecule has 3 rings (SSSR count). The Hall–Kier alpha value is -2.24. The van der Waals surface area contributed by atoms with Gasteiger partial charge in [0.25, 0.3) is 11.5 Å². The normalized spacial score (nSPS) is 14.7. The lowest BCUT2D eigenvalue weighted by Gasteiger charge is -2.19. The van der Waals surface area contributed by atoms with Gasteiger partial charge >= 0.3 is 0 Å². The van der Waals surface area contributed by atoms with Crippen LogP contribution >= 0.6 is 0 Å². The number of fused-ring (bicyclic) bond motifs is 1. The van der Waals surface area contributed by atoms with Gasteiger partial charge in [-0.2, -0.15) is 0 Å². The van der Waals surface area contributed by atoms with Gasteiger partial charge in [-0.15, -0.1) is 0 Å². The first-order chi connectivity index (χ1) is 11.0. The van der Waals surface area contributed by atoms with Crippen LogP contribution in [0.5, 0.6) is 0 Å². The fraction of sp³-hybridized carbons (Fsp3) is 0.412. The Kier molecular flexibility index (Phi) is 4.15. The number of nitrogens with zero attached hydrogens (tertiary/aromatic N) is 2. The third-order valence-electron chi connectivity index (χ3n) is 4.21. The van der Waals surface area contributed by atoms with Crippen molar-refractivity contribution in [3.8, 4) is 0 Å². The van der Waals surface area contributed by atoms with E-state index in [1.165, 1.54) is 10.6 Å². The van der Waals surface area contributed by atoms with Crippen molar-refractivity contribution in [1.29, 1.82) is 0 Å². The smallest absolute Gasteiger partial charge is 0.270 e. The summed E-state index contributed by atoms with van der Waals surface area (Å²) < 4.78 is 28.3. The summed E-state index contributed by atoms with van der Waals surface area (Å²) in [5.74, 6) is -2.30. The van der Waals surface area contributed by atoms with Crippen LogP contribution in [-0.4, -0.2) is 28.5 Å². The molecule has 0 atom stereocenters. The van der Waals surface area contributed by atoms with Crippen molar-refractivity contribution in [2.75, 3.05) is 13.1 Å². The zero-order chi connectivity index (χ0) is 16.6. The molecule has 122 valence electrons. The van der Waals surface area contributed by atoms with Crippen molar-refractivity contribution in [3.05, 3.63) is 45.9 Å². The van der Waals surface area contributed by atoms with Gasteiger partial charge in [0.15, 0.2) is 11.6 Å². The fourth-order valence-electron chi connectivity index (χ4n) is 3.05. The van der Waals surface area contributed by atoms with Crippen molar-refractivity contribution in [2.24, 2.45) is 0 Å². The Balaban J connectivity index is 2.22. The molecule has 0 radical (unpaired) electrons. The predicted octanol–water partition coefficient (Wildman–Crippen LogP) is 2.93. The lowest BCUT2D eigenvalue weighted by Crippen LogP contribution is -2.34. The number of halogens is 2. The average molecular weight is 320 g/mol. The molecule has 1 fully saturated rings. The van der Waals surface area contributed by atoms with Gasteiger partial charge in [-0.3, -0.25) is 9.59 Å². The van der Waals surface area contributed by atoms with Crippen molar-refractivity contribution in [1.82, 2.24) is 9.47 Å². The second-order valence-electron chi connectivity index (χ2n) is 5.84. The second-order valence-corrected chi connectivity index (χ2v) is 5.84. The summed E-state index contributed by atoms with van der Waals surface area (Å²) in [5.41, 5.74) is -0.206. The van der Waals surface area contributed by atoms with E-state index in [0.29, 0.717) is 26.1 Å². The summed E-state index contributed by atoms with van der Waals surface area (Å²) in [5, 5.41) is 0.346. The van der Waals surface area contributed by atoms with Crippen LogP contribution < -0.4 is 5.56 Å². The number of carbonyl (C=O) groups is 1. The molecule has 1 aliphatic rings. The van der Waals surface area contributed by atoms with Crippen molar-refractivity contribution in [2.45, 2.75) is 32.7 Å². The molecule has 0 saturated carbocycles. The number of benzene rings is 1. The van der Waals surface area contributed by atoms with E-state index in [0.717, 1.165) is 25.0 Å². The van der Waals surface area contributed by atoms with Crippen molar-refractivity contribution in [3.63, 3.8) is 0 Å². The molecule has 1 aliphatic heterocycles. The summed E-state index contributed by atoms with van der Waals surface area (Å²) in [6, 6.07) is 3.38. The van der Waals surface area contributed by atoms with Crippen LogP contribution in [0.25, 0.3) is 10.8 Å². The van der Waals surface area contributed by atoms with Crippen LogP contribution in [0.3, 0.4) is 0 Å². The quantitative estimate of drug-likeness (QED) is 0.872. The van der Waals surface area contributed by atoms with Gasteiger partial charge in [0.05, 0.1) is 5.39 Å². The monoisotopic (exact) mass is 320 g/mol. The SMILES string of the molecule is CCCn1c(C(=O)N2CCCC2)cc2cc(F)c(F)cc2c1=O. The maximum Gasteiger partial charge on any atom is 0.270 e. The minimum absolute atomic E-state index is 0.0929. The number of amides is 1. The minimum Gasteiger partial charge on any atom is -0.337 e. The Morgan fingerprint density at radius 2 is 1.78 bits per heavy atom. The van der Waals surface area contributed by atoms with Gasteiger partial charge in [0, 0.05) is 19.6 Å². The largest absolute Gasteiger partial charge is 0.337 e. The molecular weight excluding hydrogens is 302 g/mol. The Labute approximate surface area is 132 Å². The van der Waals surface area contributed by atoms with Crippen LogP contribution in [-0.2, 0) is 6.54 Å². The fourth-order valence-corrected chi connectivity index (χ4v) is 3.05. The highest BCUT2D eigenvalue weighted by Gasteiger charge is 2.24. The molecule has 0 N–H and O–H groups in total. The summed E-state index contributed by atoms with van der Waals surface area (Å²) in [7, 11) is 0. The molecule has 1 aromatic carbocycles. The van der Waals surface area contributed by atoms with E-state index in [4.69, 9.17) is 0 Å². The molecule has 0 bridgehead atoms. The molecule has 23 heavy (non-hydrogen) atoms. The van der Waals surface area contributed by atoms with Gasteiger partial charge in [-0.05, 0) is 42.8 Å². The number of rotatable bonds is 3. The van der Waals surface area contributed by atoms with E-state index in [2.05, 4.69) is 0 Å². The summed E-state index contributed by atoms with van der Waals surface area (Å²) in [6.07, 6.45) is 2.55. The number of hydrogen-bond acceptors (Lipinski definition) is 2. The second kappa shape index (κ2) is 6.10. The molecule has 0 aliphatic carbocycles. The lowest BCUT2D eigenvalue weighted by atomic mass is 10.1. The summed E-state index contributed by atoms with van der Waals surface area (Å²) >= 11 is 0. The van der Waals surface area contributed by atoms with E-state index in [1.54, 1.807) is 4.90 Å². The van der Waals surface area contributed by atoms with E-state index in [-0.39, 0.29) is 22.4 Å². The van der Waals surface area contributed by atoms with Crippen LogP contribution in [0, 0.1) is 11.6 Å². The topological polar surface area (TPSA) is 42.3 Å². The molecule has 1 aromatic heterocycles. The van der Waals surface area contributed by atoms with Crippen LogP contribution in [0.15, 0.2) is 23.0 Å². The number of pyridine rings is 1. The third-order valence-corrected chi connectivity index (χ3v) is 4.21. The molecule has 1 saturated heterocycles. The maximum absolute atomic E-state index is 13.5. The van der Waals surface area contributed by atoms with Gasteiger partial charge in [-0.1, -0.05) is 6.92 Å². The number of hydrogen-bond donors (Lipinski definition) is 0. The molecule has 0 spiro atoms. The van der Waals surface area contributed by atoms with Gasteiger partial charge < -0.3 is 9.47 Å². The van der Waals surface area contributed by atoms with Crippen molar-refractivity contribution < 1.29 is 13.6 Å². The average Bonchev–Trinajstić information content (AvgIpc) is 3.06. The van der Waals surface area contributed by atoms with Gasteiger partial charge in [0.1, 0.15) is 5.69 Å². The Morgan fingerprint density at radius 3 is 2.43 bits per heavy atom. The Morgan fingerprint density at radius 1 is 1.13 bits per heavy atom. The number of aromatic nitrogens is 1. The van der Waals surface area contributed by atoms with E-state index in [9.17, 15) is 18.4 Å². The van der Waals surface area contributed by atoms with E-state index >= 15 is 0 Å². The van der Waals surface area contributed by atoms with Crippen LogP contribution in [0.2, 0.25) is 0 Å². The lowest BCUT2D eigenvalue weighted by molar-refractivity contribution is 0.0780. The molecule has 0 unspecified atom stereocenters. The third kappa shape index (κ3) is 2.73. The molecule has 2 aromatic rings. The predicted molar refractivity (Wildman–Crippen MR) is 83.6 cm³/mol. The zero-order valence-electron chi connectivity index (χ0n) is 12.9. The molecular formula is C17H18F2N2O2. The summed E-state index contributed by atoms with van der Waals surface area (Å²) in [4.78, 5) is 27.0. The zero-order valence-corrected chi connectivity index (χ0v) is 12.9. The molecule has 6 heteroatoms. The first-order valence-corrected chi connectivity index (χ1v) is 7.84. The van der Waals surface area contributed by atoms with E-state index < -0.39 is 17.2 Å². The Bertz CT molecular complexity index is 823. The highest BCUT2D eigenvalue weighted by atomic mass is 19.2. The van der Waals surface area contributed by atoms with Gasteiger partial charge in [-0.25, -0.2) is 8.78 Å². The van der Waals surface area contributed by atoms with Gasteiger partial charge in [0.2, 0.25) is 0 Å². The summed E-state index contributed by atoms with van der Waals surface area (Å²) in [6.45, 7) is 3.58. The van der Waals surface area contributed by atoms with E-state index in [1.807, 2.05) is 6.92 Å². The molecule has 1 amide bonds. The van der Waals surface area contributed by atoms with Crippen LogP contribution in [0.1, 0.15) is 36.7 Å². The molecule has 2 heterocycles. The number of likely N-dealkylation sites (tertiary alicyclic amines) is 1. The van der Waals surface area contributed by atoms with Crippen molar-refractivity contribution >= 4 is 16.7 Å². The molecule has 4 nitrogen and oxygen atoms in total. The highest BCUT2D eigenvalue weighted by molar-refractivity contribution is 5.96. The first kappa shape index (κ1) is 15.6. The minimum atomic E-state index is -1.06. The first-order valence-electron chi connectivity index (χ1n) is 7.84. The highest BCUT2D eigenvalue weighted by Crippen LogP contribution is 2.19. The standard InChI is InChI=1S/C17H18F2N2O2/c1-2-5-21-15(17(23)20-6-3-4-7-20)9-11-8-13(18)14(19)10-12(11)16(21)22/h8-10H,2-7H2,1H3. The maximum atomic E-state index is 13.5. The van der Waals surface area contributed by atoms with Crippen LogP contribution in [0.4, 0.5) is 8.78 Å². The number of carbonyl (C=O) groups excluding carboxylic acids is 1.